The number of aromatic nitrogens is 4. The second-order valence-electron chi connectivity index (χ2n) is 6.11. The van der Waals surface area contributed by atoms with Crippen LogP contribution in [0.4, 0.5) is 0 Å². The molecule has 1 fully saturated rings. The van der Waals surface area contributed by atoms with Gasteiger partial charge in [-0.3, -0.25) is 9.78 Å². The van der Waals surface area contributed by atoms with Gasteiger partial charge in [-0.1, -0.05) is 42.1 Å². The van der Waals surface area contributed by atoms with Gasteiger partial charge >= 0.3 is 0 Å². The lowest BCUT2D eigenvalue weighted by Crippen LogP contribution is -2.30. The minimum absolute atomic E-state index is 0.0328. The highest BCUT2D eigenvalue weighted by molar-refractivity contribution is 8.00. The lowest BCUT2D eigenvalue weighted by molar-refractivity contribution is -0.120. The molecule has 26 heavy (non-hydrogen) atoms. The summed E-state index contributed by atoms with van der Waals surface area (Å²) in [5.74, 6) is 6.66. The molecular weight excluding hydrogens is 348 g/mol. The first-order valence-corrected chi connectivity index (χ1v) is 9.23. The van der Waals surface area contributed by atoms with Gasteiger partial charge in [0.1, 0.15) is 5.25 Å². The highest BCUT2D eigenvalue weighted by atomic mass is 32.2. The number of nitrogen functional groups attached to an aromatic ring is 1. The topological polar surface area (TPSA) is 98.7 Å². The molecule has 1 saturated carbocycles. The zero-order chi connectivity index (χ0) is 17.9. The summed E-state index contributed by atoms with van der Waals surface area (Å²) < 4.78 is 1.40. The van der Waals surface area contributed by atoms with Gasteiger partial charge in [0.15, 0.2) is 5.82 Å². The molecule has 2 aromatic heterocycles. The number of rotatable bonds is 6. The lowest BCUT2D eigenvalue weighted by atomic mass is 10.1. The average Bonchev–Trinajstić information content (AvgIpc) is 3.42. The first-order chi connectivity index (χ1) is 12.7. The van der Waals surface area contributed by atoms with Crippen molar-refractivity contribution in [3.63, 3.8) is 0 Å². The first-order valence-electron chi connectivity index (χ1n) is 8.35. The van der Waals surface area contributed by atoms with E-state index in [1.807, 2.05) is 42.5 Å². The monoisotopic (exact) mass is 366 g/mol. The third-order valence-electron chi connectivity index (χ3n) is 4.07. The van der Waals surface area contributed by atoms with Crippen molar-refractivity contribution in [1.29, 1.82) is 0 Å². The van der Waals surface area contributed by atoms with E-state index in [2.05, 4.69) is 20.5 Å². The lowest BCUT2D eigenvalue weighted by Gasteiger charge is -2.16. The fourth-order valence-electron chi connectivity index (χ4n) is 2.56. The normalized spacial score (nSPS) is 14.8. The van der Waals surface area contributed by atoms with E-state index < -0.39 is 5.25 Å². The Morgan fingerprint density at radius 1 is 1.19 bits per heavy atom. The summed E-state index contributed by atoms with van der Waals surface area (Å²) in [6.45, 7) is 0. The van der Waals surface area contributed by atoms with E-state index in [-0.39, 0.29) is 11.9 Å². The molecule has 2 heterocycles. The van der Waals surface area contributed by atoms with Gasteiger partial charge in [-0.25, -0.2) is 4.68 Å². The molecule has 0 unspecified atom stereocenters. The van der Waals surface area contributed by atoms with Crippen LogP contribution in [0.15, 0.2) is 60.0 Å². The number of amides is 1. The molecule has 8 heteroatoms. The second kappa shape index (κ2) is 7.17. The summed E-state index contributed by atoms with van der Waals surface area (Å²) in [5, 5.41) is 11.4. The minimum atomic E-state index is -0.440. The Morgan fingerprint density at radius 3 is 2.69 bits per heavy atom. The van der Waals surface area contributed by atoms with E-state index >= 15 is 0 Å². The second-order valence-corrected chi connectivity index (χ2v) is 7.18. The first kappa shape index (κ1) is 16.6. The van der Waals surface area contributed by atoms with Crippen molar-refractivity contribution in [2.75, 3.05) is 5.84 Å². The van der Waals surface area contributed by atoms with Crippen LogP contribution in [0, 0.1) is 0 Å². The van der Waals surface area contributed by atoms with Crippen molar-refractivity contribution in [3.8, 4) is 11.4 Å². The average molecular weight is 366 g/mol. The molecule has 3 N–H and O–H groups in total. The Labute approximate surface area is 155 Å². The maximum Gasteiger partial charge on any atom is 0.238 e. The summed E-state index contributed by atoms with van der Waals surface area (Å²) in [4.78, 5) is 16.8. The van der Waals surface area contributed by atoms with E-state index in [0.29, 0.717) is 11.0 Å². The molecule has 1 atom stereocenters. The number of nitrogens with two attached hydrogens (primary N) is 1. The van der Waals surface area contributed by atoms with Crippen molar-refractivity contribution < 1.29 is 4.79 Å². The summed E-state index contributed by atoms with van der Waals surface area (Å²) in [5.41, 5.74) is 1.68. The number of nitrogens with zero attached hydrogens (tertiary/aromatic N) is 4. The predicted molar refractivity (Wildman–Crippen MR) is 99.6 cm³/mol. The molecule has 7 nitrogen and oxygen atoms in total. The van der Waals surface area contributed by atoms with Gasteiger partial charge in [-0.15, -0.1) is 10.2 Å². The van der Waals surface area contributed by atoms with Crippen molar-refractivity contribution >= 4 is 17.7 Å². The van der Waals surface area contributed by atoms with Crippen LogP contribution in [0.5, 0.6) is 0 Å². The highest BCUT2D eigenvalue weighted by Crippen LogP contribution is 2.36. The molecule has 1 amide bonds. The van der Waals surface area contributed by atoms with Crippen molar-refractivity contribution in [1.82, 2.24) is 25.2 Å². The number of benzene rings is 1. The van der Waals surface area contributed by atoms with Crippen LogP contribution < -0.4 is 11.2 Å². The van der Waals surface area contributed by atoms with Gasteiger partial charge in [-0.05, 0) is 30.5 Å². The third-order valence-corrected chi connectivity index (χ3v) is 5.28. The minimum Gasteiger partial charge on any atom is -0.352 e. The van der Waals surface area contributed by atoms with Crippen LogP contribution in [-0.4, -0.2) is 31.8 Å². The van der Waals surface area contributed by atoms with Gasteiger partial charge < -0.3 is 11.2 Å². The van der Waals surface area contributed by atoms with Gasteiger partial charge in [0, 0.05) is 24.0 Å². The van der Waals surface area contributed by atoms with Crippen LogP contribution in [0.25, 0.3) is 11.4 Å². The van der Waals surface area contributed by atoms with Crippen LogP contribution in [-0.2, 0) is 4.79 Å². The number of pyridine rings is 1. The Morgan fingerprint density at radius 2 is 2.00 bits per heavy atom. The summed E-state index contributed by atoms with van der Waals surface area (Å²) in [6, 6.07) is 13.6. The Balaban J connectivity index is 1.61. The third kappa shape index (κ3) is 3.55. The molecule has 4 rings (SSSR count). The van der Waals surface area contributed by atoms with Crippen molar-refractivity contribution in [2.45, 2.75) is 29.3 Å². The van der Waals surface area contributed by atoms with E-state index in [1.165, 1.54) is 16.4 Å². The Bertz CT molecular complexity index is 895. The van der Waals surface area contributed by atoms with E-state index in [0.717, 1.165) is 24.0 Å². The van der Waals surface area contributed by atoms with Crippen LogP contribution in [0.3, 0.4) is 0 Å². The van der Waals surface area contributed by atoms with Gasteiger partial charge in [-0.2, -0.15) is 0 Å². The largest absolute Gasteiger partial charge is 0.352 e. The van der Waals surface area contributed by atoms with Gasteiger partial charge in [0.05, 0.1) is 0 Å². The van der Waals surface area contributed by atoms with Gasteiger partial charge in [0.2, 0.25) is 11.1 Å². The van der Waals surface area contributed by atoms with E-state index in [1.54, 1.807) is 12.4 Å². The molecule has 1 aliphatic carbocycles. The molecule has 3 aromatic rings. The zero-order valence-corrected chi connectivity index (χ0v) is 14.8. The number of hydrogen-bond donors (Lipinski definition) is 2. The molecule has 0 aliphatic heterocycles. The molecular formula is C18H18N6OS. The molecule has 0 bridgehead atoms. The zero-order valence-electron chi connectivity index (χ0n) is 13.9. The summed E-state index contributed by atoms with van der Waals surface area (Å²) in [7, 11) is 0. The number of carbonyl (C=O) groups is 1. The van der Waals surface area contributed by atoms with Crippen molar-refractivity contribution in [2.24, 2.45) is 0 Å². The highest BCUT2D eigenvalue weighted by Gasteiger charge is 2.30. The molecule has 0 radical (unpaired) electrons. The van der Waals surface area contributed by atoms with Crippen LogP contribution >= 0.6 is 11.8 Å². The summed E-state index contributed by atoms with van der Waals surface area (Å²) in [6.07, 6.45) is 5.44. The molecule has 0 saturated heterocycles. The molecule has 132 valence electrons. The molecule has 0 spiro atoms. The van der Waals surface area contributed by atoms with Crippen LogP contribution in [0.2, 0.25) is 0 Å². The number of hydrogen-bond acceptors (Lipinski definition) is 6. The standard InChI is InChI=1S/C18H18N6OS/c19-24-16(13-7-4-10-20-11-13)22-23-18(24)26-15(12-5-2-1-3-6-12)17(25)21-14-8-9-14/h1-7,10-11,14-15H,8-9,19H2,(H,21,25)/t15-/m1/s1. The van der Waals surface area contributed by atoms with E-state index in [9.17, 15) is 4.79 Å². The van der Waals surface area contributed by atoms with Crippen molar-refractivity contribution in [3.05, 3.63) is 60.4 Å². The Hall–Kier alpha value is -2.87. The molecule has 1 aromatic carbocycles. The quantitative estimate of drug-likeness (QED) is 0.512. The Kier molecular flexibility index (Phi) is 4.57. The maximum atomic E-state index is 12.7. The smallest absolute Gasteiger partial charge is 0.238 e. The summed E-state index contributed by atoms with van der Waals surface area (Å²) >= 11 is 1.29. The predicted octanol–water partition coefficient (Wildman–Crippen LogP) is 2.17. The van der Waals surface area contributed by atoms with Crippen LogP contribution in [0.1, 0.15) is 23.7 Å². The van der Waals surface area contributed by atoms with E-state index in [4.69, 9.17) is 5.84 Å². The SMILES string of the molecule is Nn1c(S[C@@H](C(=O)NC2CC2)c2ccccc2)nnc1-c1cccnc1. The number of carbonyl (C=O) groups excluding carboxylic acids is 1. The van der Waals surface area contributed by atoms with Gasteiger partial charge in [0.25, 0.3) is 0 Å². The number of thioether (sulfide) groups is 1. The fourth-order valence-corrected chi connectivity index (χ4v) is 3.53. The fraction of sp³-hybridized carbons (Fsp3) is 0.222. The number of nitrogens with one attached hydrogen (secondary N) is 1. The maximum absolute atomic E-state index is 12.7. The molecule has 1 aliphatic rings.